The number of carbonyl (C=O) groups excluding carboxylic acids is 1. The molecule has 1 N–H and O–H groups in total. The van der Waals surface area contributed by atoms with Crippen LogP contribution in [0.1, 0.15) is 37.1 Å². The van der Waals surface area contributed by atoms with Crippen LogP contribution in [0.15, 0.2) is 24.3 Å². The van der Waals surface area contributed by atoms with Gasteiger partial charge in [-0.05, 0) is 56.6 Å². The quantitative estimate of drug-likeness (QED) is 0.662. The maximum atomic E-state index is 12.1. The summed E-state index contributed by atoms with van der Waals surface area (Å²) in [4.78, 5) is 14.4. The van der Waals surface area contributed by atoms with Gasteiger partial charge in [0.2, 0.25) is 11.0 Å². The molecular weight excluding hydrogens is 364 g/mol. The summed E-state index contributed by atoms with van der Waals surface area (Å²) in [6.07, 6.45) is 4.84. The van der Waals surface area contributed by atoms with E-state index in [1.165, 1.54) is 30.6 Å². The van der Waals surface area contributed by atoms with Crippen molar-refractivity contribution >= 4 is 22.4 Å². The molecule has 0 unspecified atom stereocenters. The van der Waals surface area contributed by atoms with Gasteiger partial charge in [0.15, 0.2) is 0 Å². The number of methoxy groups -OCH3 is 1. The Balaban J connectivity index is 1.34. The van der Waals surface area contributed by atoms with Crippen molar-refractivity contribution in [3.8, 4) is 11.5 Å². The van der Waals surface area contributed by atoms with Gasteiger partial charge in [0.05, 0.1) is 20.3 Å². The van der Waals surface area contributed by atoms with E-state index in [2.05, 4.69) is 20.4 Å². The first-order chi connectivity index (χ1) is 13.2. The first-order valence-electron chi connectivity index (χ1n) is 9.34. The summed E-state index contributed by atoms with van der Waals surface area (Å²) in [7, 11) is 1.63. The number of likely N-dealkylation sites (tertiary alicyclic amines) is 1. The number of aromatic nitrogens is 2. The molecule has 1 aliphatic rings. The van der Waals surface area contributed by atoms with Gasteiger partial charge in [-0.3, -0.25) is 9.69 Å². The molecule has 1 fully saturated rings. The van der Waals surface area contributed by atoms with E-state index in [0.717, 1.165) is 36.1 Å². The number of nitrogens with one attached hydrogen (secondary N) is 1. The Labute approximate surface area is 163 Å². The fourth-order valence-electron chi connectivity index (χ4n) is 2.95. The van der Waals surface area contributed by atoms with E-state index < -0.39 is 0 Å². The highest BCUT2D eigenvalue weighted by molar-refractivity contribution is 7.15. The van der Waals surface area contributed by atoms with Crippen molar-refractivity contribution in [2.75, 3.05) is 32.1 Å². The highest BCUT2D eigenvalue weighted by Crippen LogP contribution is 2.20. The van der Waals surface area contributed by atoms with Crippen LogP contribution < -0.4 is 14.8 Å². The van der Waals surface area contributed by atoms with Gasteiger partial charge in [-0.15, -0.1) is 10.2 Å². The van der Waals surface area contributed by atoms with Crippen LogP contribution in [0, 0.1) is 0 Å². The SMILES string of the molecule is COc1ccc(OCCCC(=O)Nc2nnc(CN3CCCCC3)s2)cc1. The second-order valence-corrected chi connectivity index (χ2v) is 7.58. The van der Waals surface area contributed by atoms with E-state index in [1.807, 2.05) is 24.3 Å². The van der Waals surface area contributed by atoms with Gasteiger partial charge >= 0.3 is 0 Å². The molecule has 1 amide bonds. The van der Waals surface area contributed by atoms with Crippen molar-refractivity contribution in [1.82, 2.24) is 15.1 Å². The van der Waals surface area contributed by atoms with Crippen LogP contribution in [0.2, 0.25) is 0 Å². The molecule has 0 saturated carbocycles. The highest BCUT2D eigenvalue weighted by Gasteiger charge is 2.14. The van der Waals surface area contributed by atoms with Gasteiger partial charge < -0.3 is 14.8 Å². The maximum absolute atomic E-state index is 12.1. The van der Waals surface area contributed by atoms with Gasteiger partial charge in [-0.25, -0.2) is 0 Å². The fraction of sp³-hybridized carbons (Fsp3) is 0.526. The molecular formula is C19H26N4O3S. The van der Waals surface area contributed by atoms with Crippen molar-refractivity contribution in [3.63, 3.8) is 0 Å². The molecule has 1 saturated heterocycles. The Hall–Kier alpha value is -2.19. The third kappa shape index (κ3) is 6.48. The second kappa shape index (κ2) is 10.2. The first kappa shape index (κ1) is 19.6. The number of amides is 1. The molecule has 1 aromatic carbocycles. The molecule has 7 nitrogen and oxygen atoms in total. The Bertz CT molecular complexity index is 714. The Morgan fingerprint density at radius 2 is 1.89 bits per heavy atom. The molecule has 8 heteroatoms. The summed E-state index contributed by atoms with van der Waals surface area (Å²) < 4.78 is 10.7. The van der Waals surface area contributed by atoms with Crippen molar-refractivity contribution in [1.29, 1.82) is 0 Å². The lowest BCUT2D eigenvalue weighted by molar-refractivity contribution is -0.116. The predicted molar refractivity (Wildman–Crippen MR) is 105 cm³/mol. The van der Waals surface area contributed by atoms with Gasteiger partial charge in [0, 0.05) is 6.42 Å². The standard InChI is InChI=1S/C19H26N4O3S/c1-25-15-7-9-16(10-8-15)26-13-5-6-17(24)20-19-22-21-18(27-19)14-23-11-3-2-4-12-23/h7-10H,2-6,11-14H2,1H3,(H,20,22,24). The molecule has 146 valence electrons. The van der Waals surface area contributed by atoms with E-state index in [0.29, 0.717) is 24.6 Å². The molecule has 2 aromatic rings. The lowest BCUT2D eigenvalue weighted by Gasteiger charge is -2.24. The molecule has 0 bridgehead atoms. The lowest BCUT2D eigenvalue weighted by atomic mass is 10.1. The van der Waals surface area contributed by atoms with Crippen molar-refractivity contribution in [2.45, 2.75) is 38.6 Å². The number of carbonyl (C=O) groups is 1. The topological polar surface area (TPSA) is 76.6 Å². The summed E-state index contributed by atoms with van der Waals surface area (Å²) in [5, 5.41) is 12.6. The first-order valence-corrected chi connectivity index (χ1v) is 10.2. The molecule has 2 heterocycles. The van der Waals surface area contributed by atoms with Gasteiger partial charge in [-0.2, -0.15) is 0 Å². The number of rotatable bonds is 9. The van der Waals surface area contributed by atoms with E-state index in [4.69, 9.17) is 9.47 Å². The summed E-state index contributed by atoms with van der Waals surface area (Å²) in [6, 6.07) is 7.39. The van der Waals surface area contributed by atoms with Crippen LogP contribution in [0.4, 0.5) is 5.13 Å². The van der Waals surface area contributed by atoms with Crippen LogP contribution in [-0.2, 0) is 11.3 Å². The predicted octanol–water partition coefficient (Wildman–Crippen LogP) is 3.33. The van der Waals surface area contributed by atoms with E-state index >= 15 is 0 Å². The number of piperidine rings is 1. The van der Waals surface area contributed by atoms with Gasteiger partial charge in [-0.1, -0.05) is 17.8 Å². The minimum absolute atomic E-state index is 0.0611. The van der Waals surface area contributed by atoms with Crippen LogP contribution in [0.5, 0.6) is 11.5 Å². The number of ether oxygens (including phenoxy) is 2. The third-order valence-electron chi connectivity index (χ3n) is 4.40. The summed E-state index contributed by atoms with van der Waals surface area (Å²) in [6.45, 7) is 3.55. The average Bonchev–Trinajstić information content (AvgIpc) is 3.13. The van der Waals surface area contributed by atoms with E-state index in [1.54, 1.807) is 7.11 Å². The number of benzene rings is 1. The number of nitrogens with zero attached hydrogens (tertiary/aromatic N) is 3. The fourth-order valence-corrected chi connectivity index (χ4v) is 3.75. The van der Waals surface area contributed by atoms with Crippen LogP contribution in [0.3, 0.4) is 0 Å². The van der Waals surface area contributed by atoms with Crippen molar-refractivity contribution in [2.24, 2.45) is 0 Å². The van der Waals surface area contributed by atoms with Crippen LogP contribution in [-0.4, -0.2) is 47.8 Å². The molecule has 0 radical (unpaired) electrons. The minimum atomic E-state index is -0.0611. The van der Waals surface area contributed by atoms with Crippen molar-refractivity contribution < 1.29 is 14.3 Å². The molecule has 0 spiro atoms. The van der Waals surface area contributed by atoms with Crippen LogP contribution in [0.25, 0.3) is 0 Å². The minimum Gasteiger partial charge on any atom is -0.497 e. The average molecular weight is 391 g/mol. The third-order valence-corrected chi connectivity index (χ3v) is 5.22. The summed E-state index contributed by atoms with van der Waals surface area (Å²) in [5.74, 6) is 1.50. The number of anilines is 1. The highest BCUT2D eigenvalue weighted by atomic mass is 32.1. The molecule has 0 atom stereocenters. The maximum Gasteiger partial charge on any atom is 0.226 e. The lowest BCUT2D eigenvalue weighted by Crippen LogP contribution is -2.28. The summed E-state index contributed by atoms with van der Waals surface area (Å²) in [5.41, 5.74) is 0. The smallest absolute Gasteiger partial charge is 0.226 e. The zero-order chi connectivity index (χ0) is 18.9. The molecule has 27 heavy (non-hydrogen) atoms. The Kier molecular flexibility index (Phi) is 7.41. The molecule has 3 rings (SSSR count). The number of hydrogen-bond acceptors (Lipinski definition) is 7. The zero-order valence-corrected chi connectivity index (χ0v) is 16.5. The molecule has 1 aromatic heterocycles. The zero-order valence-electron chi connectivity index (χ0n) is 15.6. The Morgan fingerprint density at radius 1 is 1.15 bits per heavy atom. The van der Waals surface area contributed by atoms with Gasteiger partial charge in [0.25, 0.3) is 0 Å². The monoisotopic (exact) mass is 390 g/mol. The van der Waals surface area contributed by atoms with E-state index in [-0.39, 0.29) is 5.91 Å². The largest absolute Gasteiger partial charge is 0.497 e. The normalized spacial score (nSPS) is 14.7. The van der Waals surface area contributed by atoms with Gasteiger partial charge in [0.1, 0.15) is 16.5 Å². The van der Waals surface area contributed by atoms with Crippen LogP contribution >= 0.6 is 11.3 Å². The molecule has 0 aliphatic carbocycles. The number of hydrogen-bond donors (Lipinski definition) is 1. The second-order valence-electron chi connectivity index (χ2n) is 6.51. The Morgan fingerprint density at radius 3 is 2.63 bits per heavy atom. The van der Waals surface area contributed by atoms with E-state index in [9.17, 15) is 4.79 Å². The molecule has 1 aliphatic heterocycles. The van der Waals surface area contributed by atoms with Crippen molar-refractivity contribution in [3.05, 3.63) is 29.3 Å². The summed E-state index contributed by atoms with van der Waals surface area (Å²) >= 11 is 1.46.